The molecule has 1 aliphatic heterocycles. The van der Waals surface area contributed by atoms with Crippen molar-refractivity contribution in [3.63, 3.8) is 0 Å². The van der Waals surface area contributed by atoms with Gasteiger partial charge >= 0.3 is 0 Å². The van der Waals surface area contributed by atoms with Crippen LogP contribution in [0.5, 0.6) is 0 Å². The lowest BCUT2D eigenvalue weighted by atomic mass is 10.2. The zero-order chi connectivity index (χ0) is 16.4. The molecule has 1 atom stereocenters. The van der Waals surface area contributed by atoms with E-state index in [0.717, 1.165) is 43.0 Å². The van der Waals surface area contributed by atoms with Gasteiger partial charge in [-0.2, -0.15) is 0 Å². The van der Waals surface area contributed by atoms with Crippen LogP contribution in [0.2, 0.25) is 5.02 Å². The number of sulfonamides is 1. The molecular weight excluding hydrogens is 363 g/mol. The van der Waals surface area contributed by atoms with Crippen LogP contribution < -0.4 is 15.4 Å². The second-order valence-electron chi connectivity index (χ2n) is 5.04. The first-order chi connectivity index (χ1) is 11.0. The molecule has 1 aromatic carbocycles. The molecule has 3 N–H and O–H groups in total. The summed E-state index contributed by atoms with van der Waals surface area (Å²) in [6.45, 7) is 1.63. The smallest absolute Gasteiger partial charge is 0.266 e. The maximum absolute atomic E-state index is 14.3. The van der Waals surface area contributed by atoms with Gasteiger partial charge in [0.05, 0.1) is 10.7 Å². The maximum atomic E-state index is 14.3. The molecule has 1 fully saturated rings. The van der Waals surface area contributed by atoms with Crippen LogP contribution in [-0.4, -0.2) is 32.5 Å². The van der Waals surface area contributed by atoms with Gasteiger partial charge in [-0.3, -0.25) is 4.72 Å². The van der Waals surface area contributed by atoms with E-state index in [9.17, 15) is 12.8 Å². The average Bonchev–Trinajstić information content (AvgIpc) is 3.15. The maximum Gasteiger partial charge on any atom is 0.266 e. The monoisotopic (exact) mass is 376 g/mol. The molecule has 2 aromatic rings. The Balaban J connectivity index is 1.86. The summed E-state index contributed by atoms with van der Waals surface area (Å²) >= 11 is 7.22. The quantitative estimate of drug-likeness (QED) is 0.746. The number of hydrogen-bond acceptors (Lipinski definition) is 6. The van der Waals surface area contributed by atoms with Crippen LogP contribution >= 0.6 is 22.9 Å². The number of aromatic nitrogens is 1. The van der Waals surface area contributed by atoms with Gasteiger partial charge in [-0.25, -0.2) is 17.8 Å². The first-order valence-corrected chi connectivity index (χ1v) is 9.58. The fourth-order valence-corrected chi connectivity index (χ4v) is 4.44. The van der Waals surface area contributed by atoms with Crippen LogP contribution in [0.25, 0.3) is 0 Å². The lowest BCUT2D eigenvalue weighted by Crippen LogP contribution is -2.22. The van der Waals surface area contributed by atoms with Gasteiger partial charge in [-0.05, 0) is 25.1 Å². The number of benzene rings is 1. The summed E-state index contributed by atoms with van der Waals surface area (Å²) in [7, 11) is -4.08. The molecule has 1 saturated heterocycles. The third-order valence-electron chi connectivity index (χ3n) is 3.39. The van der Waals surface area contributed by atoms with Crippen LogP contribution in [0.1, 0.15) is 6.42 Å². The minimum Gasteiger partial charge on any atom is -0.380 e. The van der Waals surface area contributed by atoms with E-state index >= 15 is 0 Å². The number of anilines is 2. The second kappa shape index (κ2) is 6.60. The van der Waals surface area contributed by atoms with Crippen molar-refractivity contribution in [2.24, 2.45) is 0 Å². The first-order valence-electron chi connectivity index (χ1n) is 6.84. The second-order valence-corrected chi connectivity index (χ2v) is 7.99. The molecule has 0 bridgehead atoms. The molecule has 0 spiro atoms. The predicted molar refractivity (Wildman–Crippen MR) is 89.2 cm³/mol. The fourth-order valence-electron chi connectivity index (χ4n) is 2.29. The first kappa shape index (κ1) is 16.4. The summed E-state index contributed by atoms with van der Waals surface area (Å²) in [5.41, 5.74) is 0.381. The van der Waals surface area contributed by atoms with Crippen molar-refractivity contribution in [2.45, 2.75) is 17.4 Å². The van der Waals surface area contributed by atoms with Gasteiger partial charge < -0.3 is 10.6 Å². The highest BCUT2D eigenvalue weighted by Crippen LogP contribution is 2.30. The van der Waals surface area contributed by atoms with Crippen LogP contribution in [-0.2, 0) is 10.0 Å². The summed E-state index contributed by atoms with van der Waals surface area (Å²) in [6, 6.07) is 2.36. The summed E-state index contributed by atoms with van der Waals surface area (Å²) in [4.78, 5) is 3.31. The van der Waals surface area contributed by atoms with Gasteiger partial charge in [0.25, 0.3) is 10.0 Å². The predicted octanol–water partition coefficient (Wildman–Crippen LogP) is 2.51. The molecular formula is C13H14ClFN4O2S2. The lowest BCUT2D eigenvalue weighted by molar-refractivity contribution is 0.570. The van der Waals surface area contributed by atoms with Gasteiger partial charge in [-0.15, -0.1) is 11.3 Å². The van der Waals surface area contributed by atoms with Crippen LogP contribution in [0.4, 0.5) is 15.2 Å². The normalized spacial score (nSPS) is 18.1. The van der Waals surface area contributed by atoms with Crippen molar-refractivity contribution in [3.8, 4) is 0 Å². The molecule has 23 heavy (non-hydrogen) atoms. The van der Waals surface area contributed by atoms with Gasteiger partial charge in [0.1, 0.15) is 10.7 Å². The zero-order valence-electron chi connectivity index (χ0n) is 11.8. The van der Waals surface area contributed by atoms with Crippen LogP contribution in [0.3, 0.4) is 0 Å². The molecule has 1 aliphatic rings. The molecule has 0 unspecified atom stereocenters. The summed E-state index contributed by atoms with van der Waals surface area (Å²) in [5, 5.41) is 8.22. The van der Waals surface area contributed by atoms with E-state index in [1.807, 2.05) is 0 Å². The summed E-state index contributed by atoms with van der Waals surface area (Å²) in [5.74, 6) is -0.869. The fraction of sp³-hybridized carbons (Fsp3) is 0.308. The van der Waals surface area contributed by atoms with Crippen molar-refractivity contribution in [2.75, 3.05) is 23.1 Å². The Kier molecular flexibility index (Phi) is 4.72. The van der Waals surface area contributed by atoms with E-state index in [4.69, 9.17) is 11.6 Å². The van der Waals surface area contributed by atoms with Gasteiger partial charge in [0.2, 0.25) is 0 Å². The SMILES string of the molecule is O=S(=O)(Nc1nccs1)c1cc(Cl)c(N[C@@H]2CCNC2)cc1F. The molecule has 10 heteroatoms. The van der Waals surface area contributed by atoms with E-state index in [1.165, 1.54) is 6.20 Å². The molecule has 0 saturated carbocycles. The number of hydrogen-bond donors (Lipinski definition) is 3. The van der Waals surface area contributed by atoms with Crippen molar-refractivity contribution < 1.29 is 12.8 Å². The van der Waals surface area contributed by atoms with E-state index in [0.29, 0.717) is 5.69 Å². The number of nitrogens with zero attached hydrogens (tertiary/aromatic N) is 1. The van der Waals surface area contributed by atoms with Gasteiger partial charge in [0, 0.05) is 24.2 Å². The highest BCUT2D eigenvalue weighted by Gasteiger charge is 2.23. The molecule has 2 heterocycles. The van der Waals surface area contributed by atoms with Crippen molar-refractivity contribution in [3.05, 3.63) is 34.5 Å². The minimum absolute atomic E-state index is 0.141. The molecule has 124 valence electrons. The van der Waals surface area contributed by atoms with E-state index < -0.39 is 20.7 Å². The van der Waals surface area contributed by atoms with Gasteiger partial charge in [-0.1, -0.05) is 11.6 Å². The Labute approximate surface area is 142 Å². The van der Waals surface area contributed by atoms with E-state index in [2.05, 4.69) is 20.3 Å². The molecule has 3 rings (SSSR count). The third kappa shape index (κ3) is 3.74. The average molecular weight is 377 g/mol. The largest absolute Gasteiger partial charge is 0.380 e. The van der Waals surface area contributed by atoms with E-state index in [-0.39, 0.29) is 16.2 Å². The molecule has 0 amide bonds. The Morgan fingerprint density at radius 3 is 2.91 bits per heavy atom. The Bertz CT molecular complexity index is 793. The standard InChI is InChI=1S/C13H14ClFN4O2S2/c14-9-5-12(23(20,21)19-13-17-3-4-22-13)10(15)6-11(9)18-8-1-2-16-7-8/h3-6,8,16,18H,1-2,7H2,(H,17,19)/t8-/m1/s1. The lowest BCUT2D eigenvalue weighted by Gasteiger charge is -2.16. The molecule has 1 aromatic heterocycles. The number of halogens is 2. The third-order valence-corrected chi connectivity index (χ3v) is 5.87. The van der Waals surface area contributed by atoms with Crippen LogP contribution in [0.15, 0.2) is 28.6 Å². The van der Waals surface area contributed by atoms with Crippen LogP contribution in [0, 0.1) is 5.82 Å². The zero-order valence-corrected chi connectivity index (χ0v) is 14.2. The summed E-state index contributed by atoms with van der Waals surface area (Å²) in [6.07, 6.45) is 2.35. The molecule has 0 aliphatic carbocycles. The number of nitrogens with one attached hydrogen (secondary N) is 3. The Morgan fingerprint density at radius 1 is 1.43 bits per heavy atom. The number of rotatable bonds is 5. The Morgan fingerprint density at radius 2 is 2.26 bits per heavy atom. The van der Waals surface area contributed by atoms with Crippen molar-refractivity contribution >= 4 is 43.8 Å². The highest BCUT2D eigenvalue weighted by molar-refractivity contribution is 7.93. The molecule has 0 radical (unpaired) electrons. The topological polar surface area (TPSA) is 83.1 Å². The summed E-state index contributed by atoms with van der Waals surface area (Å²) < 4.78 is 41.0. The van der Waals surface area contributed by atoms with Crippen molar-refractivity contribution in [1.82, 2.24) is 10.3 Å². The Hall–Kier alpha value is -1.42. The highest BCUT2D eigenvalue weighted by atomic mass is 35.5. The van der Waals surface area contributed by atoms with Crippen molar-refractivity contribution in [1.29, 1.82) is 0 Å². The number of thiazole rings is 1. The van der Waals surface area contributed by atoms with Gasteiger partial charge in [0.15, 0.2) is 5.13 Å². The van der Waals surface area contributed by atoms with E-state index in [1.54, 1.807) is 5.38 Å². The molecule has 6 nitrogen and oxygen atoms in total. The minimum atomic E-state index is -4.08.